The number of aromatic amines is 1. The molecule has 5 nitrogen and oxygen atoms in total. The maximum atomic E-state index is 12.2. The second-order valence-electron chi connectivity index (χ2n) is 5.07. The Labute approximate surface area is 108 Å². The first-order chi connectivity index (χ1) is 8.70. The number of rotatable bonds is 4. The van der Waals surface area contributed by atoms with Crippen LogP contribution in [0.4, 0.5) is 0 Å². The summed E-state index contributed by atoms with van der Waals surface area (Å²) in [5.41, 5.74) is 1.01. The van der Waals surface area contributed by atoms with E-state index in [1.54, 1.807) is 6.20 Å². The molecule has 100 valence electrons. The molecular weight excluding hydrogens is 228 g/mol. The summed E-state index contributed by atoms with van der Waals surface area (Å²) in [6, 6.07) is -0.0434. The highest BCUT2D eigenvalue weighted by atomic mass is 16.2. The van der Waals surface area contributed by atoms with Crippen molar-refractivity contribution in [2.24, 2.45) is 5.92 Å². The largest absolute Gasteiger partial charge is 0.348 e. The van der Waals surface area contributed by atoms with Crippen LogP contribution in [-0.4, -0.2) is 28.7 Å². The average Bonchev–Trinajstić information content (AvgIpc) is 2.92. The molecule has 0 bridgehead atoms. The van der Waals surface area contributed by atoms with Crippen LogP contribution in [0, 0.1) is 5.92 Å². The zero-order valence-corrected chi connectivity index (χ0v) is 11.1. The summed E-state index contributed by atoms with van der Waals surface area (Å²) < 4.78 is 0. The van der Waals surface area contributed by atoms with Gasteiger partial charge in [0.25, 0.3) is 0 Å². The topological polar surface area (TPSA) is 69.8 Å². The number of carbonyl (C=O) groups excluding carboxylic acids is 1. The lowest BCUT2D eigenvalue weighted by atomic mass is 9.90. The summed E-state index contributed by atoms with van der Waals surface area (Å²) in [5.74, 6) is 0.771. The summed E-state index contributed by atoms with van der Waals surface area (Å²) in [7, 11) is 0. The fraction of sp³-hybridized carbons (Fsp3) is 0.692. The highest BCUT2D eigenvalue weighted by Crippen LogP contribution is 2.20. The lowest BCUT2D eigenvalue weighted by Gasteiger charge is -2.29. The van der Waals surface area contributed by atoms with Gasteiger partial charge in [0.1, 0.15) is 0 Å². The molecule has 1 saturated heterocycles. The number of aromatic nitrogens is 2. The molecular formula is C13H22N4O. The Morgan fingerprint density at radius 1 is 1.67 bits per heavy atom. The number of H-pyrrole nitrogens is 1. The van der Waals surface area contributed by atoms with Gasteiger partial charge in [0.2, 0.25) is 5.91 Å². The van der Waals surface area contributed by atoms with Crippen molar-refractivity contribution in [1.82, 2.24) is 20.8 Å². The first-order valence-electron chi connectivity index (χ1n) is 6.73. The third-order valence-electron chi connectivity index (χ3n) is 3.78. The highest BCUT2D eigenvalue weighted by molar-refractivity contribution is 5.82. The van der Waals surface area contributed by atoms with E-state index < -0.39 is 0 Å². The molecule has 0 aliphatic carbocycles. The van der Waals surface area contributed by atoms with Crippen molar-refractivity contribution < 1.29 is 4.79 Å². The van der Waals surface area contributed by atoms with E-state index >= 15 is 0 Å². The van der Waals surface area contributed by atoms with Gasteiger partial charge in [0.15, 0.2) is 0 Å². The van der Waals surface area contributed by atoms with Gasteiger partial charge in [0, 0.05) is 11.8 Å². The molecule has 0 aromatic carbocycles. The molecule has 1 amide bonds. The van der Waals surface area contributed by atoms with Gasteiger partial charge in [0.05, 0.1) is 18.3 Å². The monoisotopic (exact) mass is 250 g/mol. The van der Waals surface area contributed by atoms with Gasteiger partial charge in [-0.3, -0.25) is 9.89 Å². The van der Waals surface area contributed by atoms with E-state index in [0.717, 1.165) is 24.9 Å². The first-order valence-corrected chi connectivity index (χ1v) is 6.73. The van der Waals surface area contributed by atoms with Crippen molar-refractivity contribution in [1.29, 1.82) is 0 Å². The van der Waals surface area contributed by atoms with E-state index in [9.17, 15) is 4.79 Å². The lowest BCUT2D eigenvalue weighted by Crippen LogP contribution is -2.49. The molecule has 3 atom stereocenters. The van der Waals surface area contributed by atoms with Crippen LogP contribution in [0.3, 0.4) is 0 Å². The van der Waals surface area contributed by atoms with Crippen LogP contribution >= 0.6 is 0 Å². The summed E-state index contributed by atoms with van der Waals surface area (Å²) >= 11 is 0. The van der Waals surface area contributed by atoms with E-state index in [1.807, 2.05) is 13.1 Å². The van der Waals surface area contributed by atoms with E-state index in [1.165, 1.54) is 6.42 Å². The van der Waals surface area contributed by atoms with Crippen LogP contribution in [0.2, 0.25) is 0 Å². The van der Waals surface area contributed by atoms with Crippen molar-refractivity contribution in [3.8, 4) is 0 Å². The summed E-state index contributed by atoms with van der Waals surface area (Å²) in [6.45, 7) is 5.11. The second kappa shape index (κ2) is 6.00. The number of amides is 1. The van der Waals surface area contributed by atoms with E-state index in [0.29, 0.717) is 5.92 Å². The molecule has 2 rings (SSSR count). The number of piperidine rings is 1. The molecule has 3 N–H and O–H groups in total. The predicted molar refractivity (Wildman–Crippen MR) is 70.0 cm³/mol. The third-order valence-corrected chi connectivity index (χ3v) is 3.78. The fourth-order valence-corrected chi connectivity index (χ4v) is 2.46. The molecule has 2 heterocycles. The van der Waals surface area contributed by atoms with Crippen LogP contribution < -0.4 is 10.6 Å². The highest BCUT2D eigenvalue weighted by Gasteiger charge is 2.26. The van der Waals surface area contributed by atoms with Gasteiger partial charge in [-0.2, -0.15) is 5.10 Å². The Morgan fingerprint density at radius 2 is 2.50 bits per heavy atom. The van der Waals surface area contributed by atoms with Crippen molar-refractivity contribution in [2.45, 2.75) is 45.2 Å². The molecule has 5 heteroatoms. The van der Waals surface area contributed by atoms with Gasteiger partial charge in [-0.15, -0.1) is 0 Å². The molecule has 1 aromatic rings. The molecule has 0 saturated carbocycles. The number of carbonyl (C=O) groups is 1. The Bertz CT molecular complexity index is 376. The van der Waals surface area contributed by atoms with Crippen LogP contribution in [0.25, 0.3) is 0 Å². The molecule has 1 aliphatic heterocycles. The van der Waals surface area contributed by atoms with Gasteiger partial charge < -0.3 is 10.6 Å². The SMILES string of the molecule is CCC1CCNC(C(=O)NC(C)c2cn[nH]c2)C1. The maximum Gasteiger partial charge on any atom is 0.237 e. The number of hydrogen-bond acceptors (Lipinski definition) is 3. The predicted octanol–water partition coefficient (Wildman–Crippen LogP) is 1.37. The van der Waals surface area contributed by atoms with Crippen LogP contribution in [0.1, 0.15) is 44.7 Å². The van der Waals surface area contributed by atoms with Gasteiger partial charge in [-0.25, -0.2) is 0 Å². The Hall–Kier alpha value is -1.36. The maximum absolute atomic E-state index is 12.2. The van der Waals surface area contributed by atoms with Crippen LogP contribution in [0.5, 0.6) is 0 Å². The Balaban J connectivity index is 1.87. The lowest BCUT2D eigenvalue weighted by molar-refractivity contribution is -0.124. The Morgan fingerprint density at radius 3 is 3.17 bits per heavy atom. The number of nitrogens with zero attached hydrogens (tertiary/aromatic N) is 1. The minimum absolute atomic E-state index is 0.0000491. The third kappa shape index (κ3) is 3.10. The summed E-state index contributed by atoms with van der Waals surface area (Å²) in [6.07, 6.45) is 6.84. The molecule has 1 aromatic heterocycles. The molecule has 18 heavy (non-hydrogen) atoms. The summed E-state index contributed by atoms with van der Waals surface area (Å²) in [5, 5.41) is 13.0. The van der Waals surface area contributed by atoms with Crippen molar-refractivity contribution in [3.63, 3.8) is 0 Å². The minimum atomic E-state index is -0.0435. The zero-order chi connectivity index (χ0) is 13.0. The molecule has 1 aliphatic rings. The average molecular weight is 250 g/mol. The van der Waals surface area contributed by atoms with Crippen LogP contribution in [-0.2, 0) is 4.79 Å². The summed E-state index contributed by atoms with van der Waals surface area (Å²) in [4.78, 5) is 12.2. The van der Waals surface area contributed by atoms with Crippen molar-refractivity contribution >= 4 is 5.91 Å². The van der Waals surface area contributed by atoms with E-state index in [2.05, 4.69) is 27.8 Å². The molecule has 0 spiro atoms. The zero-order valence-electron chi connectivity index (χ0n) is 11.1. The number of hydrogen-bond donors (Lipinski definition) is 3. The molecule has 1 fully saturated rings. The van der Waals surface area contributed by atoms with Crippen molar-refractivity contribution in [3.05, 3.63) is 18.0 Å². The van der Waals surface area contributed by atoms with Gasteiger partial charge >= 0.3 is 0 Å². The minimum Gasteiger partial charge on any atom is -0.348 e. The van der Waals surface area contributed by atoms with Crippen LogP contribution in [0.15, 0.2) is 12.4 Å². The first kappa shape index (κ1) is 13.1. The Kier molecular flexibility index (Phi) is 4.36. The van der Waals surface area contributed by atoms with Gasteiger partial charge in [-0.1, -0.05) is 13.3 Å². The molecule has 3 unspecified atom stereocenters. The quantitative estimate of drug-likeness (QED) is 0.756. The molecule has 0 radical (unpaired) electrons. The smallest absolute Gasteiger partial charge is 0.237 e. The standard InChI is InChI=1S/C13H22N4O/c1-3-10-4-5-14-12(6-10)13(18)17-9(2)11-7-15-16-8-11/h7-10,12,14H,3-6H2,1-2H3,(H,15,16)(H,17,18). The van der Waals surface area contributed by atoms with E-state index in [4.69, 9.17) is 0 Å². The van der Waals surface area contributed by atoms with Gasteiger partial charge in [-0.05, 0) is 32.2 Å². The van der Waals surface area contributed by atoms with E-state index in [-0.39, 0.29) is 18.0 Å². The normalized spacial score (nSPS) is 25.7. The fourth-order valence-electron chi connectivity index (χ4n) is 2.46. The van der Waals surface area contributed by atoms with Crippen molar-refractivity contribution in [2.75, 3.05) is 6.54 Å². The second-order valence-corrected chi connectivity index (χ2v) is 5.07. The number of nitrogens with one attached hydrogen (secondary N) is 3.